The maximum absolute atomic E-state index is 0. The van der Waals surface area contributed by atoms with E-state index in [0.717, 1.165) is 0 Å². The molecule has 0 spiro atoms. The first-order valence-electron chi connectivity index (χ1n) is 0. The van der Waals surface area contributed by atoms with Gasteiger partial charge in [0.25, 0.3) is 0 Å². The summed E-state index contributed by atoms with van der Waals surface area (Å²) >= 11 is 0. The van der Waals surface area contributed by atoms with Crippen LogP contribution >= 0.6 is 0 Å². The average molecular weight is 286 g/mol. The Labute approximate surface area is 75.4 Å². The van der Waals surface area contributed by atoms with Gasteiger partial charge in [0.1, 0.15) is 0 Å². The molecule has 4 heavy (non-hydrogen) atoms. The first kappa shape index (κ1) is 32.3. The SMILES string of the molecule is [Co].[Mn].[SnH2].[V]. The minimum atomic E-state index is 0. The Balaban J connectivity index is 0. The quantitative estimate of drug-likeness (QED) is 0.505. The van der Waals surface area contributed by atoms with Crippen molar-refractivity contribution in [3.8, 4) is 0 Å². The normalized spacial score (nSPS) is 0. The van der Waals surface area contributed by atoms with Gasteiger partial charge in [0.2, 0.25) is 0 Å². The molecule has 0 unspecified atom stereocenters. The summed E-state index contributed by atoms with van der Waals surface area (Å²) in [5.41, 5.74) is 0. The Morgan fingerprint density at radius 3 is 1.00 bits per heavy atom. The molecule has 4 heteroatoms. The van der Waals surface area contributed by atoms with Crippen molar-refractivity contribution in [2.45, 2.75) is 0 Å². The van der Waals surface area contributed by atoms with Crippen LogP contribution in [0.25, 0.3) is 0 Å². The fraction of sp³-hybridized carbons (Fsp3) is 0. The van der Waals surface area contributed by atoms with Crippen molar-refractivity contribution in [3.63, 3.8) is 0 Å². The number of hydrogen-bond acceptors (Lipinski definition) is 0. The minimum Gasteiger partial charge on any atom is 0 e. The summed E-state index contributed by atoms with van der Waals surface area (Å²) < 4.78 is 0. The van der Waals surface area contributed by atoms with Crippen LogP contribution in [0.3, 0.4) is 0 Å². The van der Waals surface area contributed by atoms with Gasteiger partial charge in [-0.25, -0.2) is 0 Å². The Hall–Kier alpha value is 2.41. The van der Waals surface area contributed by atoms with Crippen molar-refractivity contribution in [3.05, 3.63) is 0 Å². The van der Waals surface area contributed by atoms with Crippen LogP contribution in [0.15, 0.2) is 0 Å². The van der Waals surface area contributed by atoms with Gasteiger partial charge in [0.05, 0.1) is 0 Å². The second kappa shape index (κ2) is 18.1. The van der Waals surface area contributed by atoms with Crippen molar-refractivity contribution in [2.24, 2.45) is 0 Å². The van der Waals surface area contributed by atoms with E-state index < -0.39 is 0 Å². The van der Waals surface area contributed by atoms with Gasteiger partial charge in [-0.3, -0.25) is 0 Å². The number of rotatable bonds is 0. The summed E-state index contributed by atoms with van der Waals surface area (Å²) in [6, 6.07) is 0. The maximum Gasteiger partial charge on any atom is 0 e. The molecule has 0 aliphatic rings. The molecule has 0 aromatic heterocycles. The van der Waals surface area contributed by atoms with Gasteiger partial charge >= 0.3 is 23.9 Å². The van der Waals surface area contributed by atoms with Crippen LogP contribution in [0.1, 0.15) is 0 Å². The Morgan fingerprint density at radius 2 is 1.00 bits per heavy atom. The van der Waals surface area contributed by atoms with Gasteiger partial charge in [0.15, 0.2) is 0 Å². The minimum absolute atomic E-state index is 0. The van der Waals surface area contributed by atoms with Gasteiger partial charge in [-0.2, -0.15) is 0 Å². The first-order chi connectivity index (χ1) is 0. The molecule has 0 aliphatic heterocycles. The van der Waals surface area contributed by atoms with Crippen LogP contribution in [0.2, 0.25) is 0 Å². The van der Waals surface area contributed by atoms with E-state index in [0.29, 0.717) is 0 Å². The molecule has 0 atom stereocenters. The van der Waals surface area contributed by atoms with Gasteiger partial charge < -0.3 is 0 Å². The summed E-state index contributed by atoms with van der Waals surface area (Å²) in [7, 11) is 0. The number of hydrogen-bond donors (Lipinski definition) is 0. The third-order valence-corrected chi connectivity index (χ3v) is 0. The van der Waals surface area contributed by atoms with Crippen molar-refractivity contribution in [2.75, 3.05) is 0 Å². The van der Waals surface area contributed by atoms with Gasteiger partial charge in [0, 0.05) is 52.4 Å². The van der Waals surface area contributed by atoms with Crippen LogP contribution in [-0.4, -0.2) is 23.9 Å². The average Bonchev–Trinajstić information content (AvgIpc) is 0. The van der Waals surface area contributed by atoms with E-state index >= 15 is 0 Å². The van der Waals surface area contributed by atoms with E-state index in [2.05, 4.69) is 0 Å². The molecule has 0 amide bonds. The molecule has 0 aromatic rings. The Morgan fingerprint density at radius 1 is 1.00 bits per heavy atom. The zero-order valence-corrected chi connectivity index (χ0v) is 9.52. The van der Waals surface area contributed by atoms with Crippen molar-refractivity contribution < 1.29 is 52.4 Å². The molecule has 27 valence electrons. The van der Waals surface area contributed by atoms with Gasteiger partial charge in [-0.15, -0.1) is 0 Å². The van der Waals surface area contributed by atoms with Gasteiger partial charge in [-0.05, 0) is 0 Å². The summed E-state index contributed by atoms with van der Waals surface area (Å²) in [5.74, 6) is 0. The summed E-state index contributed by atoms with van der Waals surface area (Å²) in [6.45, 7) is 0. The van der Waals surface area contributed by atoms with E-state index in [1.165, 1.54) is 0 Å². The fourth-order valence-electron chi connectivity index (χ4n) is 0. The summed E-state index contributed by atoms with van der Waals surface area (Å²) in [5, 5.41) is 0. The van der Waals surface area contributed by atoms with Crippen LogP contribution in [0.5, 0.6) is 0 Å². The van der Waals surface area contributed by atoms with Crippen molar-refractivity contribution in [1.29, 1.82) is 0 Å². The van der Waals surface area contributed by atoms with E-state index in [1.54, 1.807) is 0 Å². The smallest absolute Gasteiger partial charge is 0 e. The van der Waals surface area contributed by atoms with Crippen LogP contribution in [0, 0.1) is 0 Å². The molecule has 0 heterocycles. The summed E-state index contributed by atoms with van der Waals surface area (Å²) in [4.78, 5) is 0. The van der Waals surface area contributed by atoms with E-state index in [9.17, 15) is 0 Å². The van der Waals surface area contributed by atoms with Crippen molar-refractivity contribution >= 4 is 23.9 Å². The third kappa shape index (κ3) is 8.83. The standard InChI is InChI=1S/Co.Mn.Sn.V.2H. The molecule has 0 aromatic carbocycles. The first-order valence-corrected chi connectivity index (χ1v) is 0. The molecular weight excluding hydrogens is 284 g/mol. The van der Waals surface area contributed by atoms with E-state index in [4.69, 9.17) is 0 Å². The second-order valence-electron chi connectivity index (χ2n) is 0. The molecule has 0 fully saturated rings. The molecule has 5 radical (unpaired) electrons. The summed E-state index contributed by atoms with van der Waals surface area (Å²) in [6.07, 6.45) is 0. The predicted molar refractivity (Wildman–Crippen MR) is 8.54 cm³/mol. The molecule has 0 saturated carbocycles. The van der Waals surface area contributed by atoms with Crippen LogP contribution in [-0.2, 0) is 52.4 Å². The van der Waals surface area contributed by atoms with Crippen LogP contribution in [0.4, 0.5) is 0 Å². The second-order valence-corrected chi connectivity index (χ2v) is 0. The van der Waals surface area contributed by atoms with E-state index in [1.807, 2.05) is 0 Å². The monoisotopic (exact) mass is 287 g/mol. The molecule has 0 nitrogen and oxygen atoms in total. The fourth-order valence-corrected chi connectivity index (χ4v) is 0. The van der Waals surface area contributed by atoms with E-state index in [-0.39, 0.29) is 76.3 Å². The third-order valence-electron chi connectivity index (χ3n) is 0. The maximum atomic E-state index is 0. The zero-order chi connectivity index (χ0) is 0. The molecule has 0 aliphatic carbocycles. The molecule has 0 saturated heterocycles. The molecular formula is H2CoMnSnV. The predicted octanol–water partition coefficient (Wildman–Crippen LogP) is -0.924. The topological polar surface area (TPSA) is 0 Å². The van der Waals surface area contributed by atoms with Gasteiger partial charge in [-0.1, -0.05) is 0 Å². The molecule has 0 bridgehead atoms. The molecule has 0 rings (SSSR count). The van der Waals surface area contributed by atoms with Crippen molar-refractivity contribution in [1.82, 2.24) is 0 Å². The largest absolute Gasteiger partial charge is 0 e. The Bertz CT molecular complexity index is 8.00. The molecule has 0 N–H and O–H groups in total. The van der Waals surface area contributed by atoms with Crippen LogP contribution < -0.4 is 0 Å². The zero-order valence-electron chi connectivity index (χ0n) is 1.87. The Kier molecular flexibility index (Phi) is 146.